The molecule has 7 nitrogen and oxygen atoms in total. The SMILES string of the molecule is COC(=O)C1=C(C)N(c2ccc(OC)cc2)C=C[C@@H]1c1ccccc1[N+](=O)[O-]. The Bertz CT molecular complexity index is 963. The van der Waals surface area contributed by atoms with Gasteiger partial charge >= 0.3 is 5.97 Å². The number of hydrogen-bond donors (Lipinski definition) is 0. The minimum atomic E-state index is -0.580. The van der Waals surface area contributed by atoms with Gasteiger partial charge in [-0.25, -0.2) is 4.79 Å². The van der Waals surface area contributed by atoms with Crippen LogP contribution in [-0.2, 0) is 9.53 Å². The molecule has 1 aliphatic rings. The number of benzene rings is 2. The maximum absolute atomic E-state index is 12.6. The number of nitro benzene ring substituents is 1. The zero-order valence-electron chi connectivity index (χ0n) is 15.8. The van der Waals surface area contributed by atoms with E-state index in [1.54, 1.807) is 38.3 Å². The topological polar surface area (TPSA) is 81.9 Å². The largest absolute Gasteiger partial charge is 0.497 e. The molecule has 3 rings (SSSR count). The van der Waals surface area contributed by atoms with Crippen molar-refractivity contribution in [1.82, 2.24) is 0 Å². The summed E-state index contributed by atoms with van der Waals surface area (Å²) in [7, 11) is 2.89. The molecule has 0 aliphatic carbocycles. The molecule has 0 radical (unpaired) electrons. The van der Waals surface area contributed by atoms with Gasteiger partial charge in [-0.15, -0.1) is 0 Å². The molecule has 7 heteroatoms. The summed E-state index contributed by atoms with van der Waals surface area (Å²) < 4.78 is 10.2. The van der Waals surface area contributed by atoms with Crippen LogP contribution in [0.4, 0.5) is 11.4 Å². The number of rotatable bonds is 5. The molecule has 0 N–H and O–H groups in total. The van der Waals surface area contributed by atoms with E-state index in [1.165, 1.54) is 13.2 Å². The number of para-hydroxylation sites is 1. The highest BCUT2D eigenvalue weighted by molar-refractivity contribution is 5.93. The van der Waals surface area contributed by atoms with Gasteiger partial charge in [0.1, 0.15) is 5.75 Å². The molecule has 1 heterocycles. The maximum atomic E-state index is 12.6. The summed E-state index contributed by atoms with van der Waals surface area (Å²) in [5.74, 6) is -0.385. The molecule has 144 valence electrons. The van der Waals surface area contributed by atoms with Crippen molar-refractivity contribution in [2.45, 2.75) is 12.8 Å². The van der Waals surface area contributed by atoms with E-state index in [1.807, 2.05) is 35.4 Å². The van der Waals surface area contributed by atoms with E-state index in [0.29, 0.717) is 16.8 Å². The van der Waals surface area contributed by atoms with E-state index in [2.05, 4.69) is 0 Å². The standard InChI is InChI=1S/C21H20N2O5/c1-14-20(21(24)28-3)18(17-6-4-5-7-19(17)23(25)26)12-13-22(14)15-8-10-16(27-2)11-9-15/h4-13,18H,1-3H3/t18-/m1/s1. The van der Waals surface area contributed by atoms with Crippen molar-refractivity contribution in [3.05, 3.63) is 87.8 Å². The Morgan fingerprint density at radius 3 is 2.39 bits per heavy atom. The summed E-state index contributed by atoms with van der Waals surface area (Å²) in [4.78, 5) is 25.5. The van der Waals surface area contributed by atoms with Gasteiger partial charge in [0.15, 0.2) is 0 Å². The monoisotopic (exact) mass is 380 g/mol. The highest BCUT2D eigenvalue weighted by atomic mass is 16.6. The number of nitrogens with zero attached hydrogens (tertiary/aromatic N) is 2. The lowest BCUT2D eigenvalue weighted by Gasteiger charge is -2.31. The lowest BCUT2D eigenvalue weighted by atomic mass is 9.86. The van der Waals surface area contributed by atoms with Gasteiger partial charge in [0, 0.05) is 35.1 Å². The highest BCUT2D eigenvalue weighted by Gasteiger charge is 2.33. The van der Waals surface area contributed by atoms with E-state index < -0.39 is 16.8 Å². The molecule has 0 spiro atoms. The summed E-state index contributed by atoms with van der Waals surface area (Å²) in [6, 6.07) is 13.8. The number of carbonyl (C=O) groups excluding carboxylic acids is 1. The molecule has 0 unspecified atom stereocenters. The molecule has 0 bridgehead atoms. The Morgan fingerprint density at radius 2 is 1.79 bits per heavy atom. The predicted octanol–water partition coefficient (Wildman–Crippen LogP) is 4.17. The van der Waals surface area contributed by atoms with E-state index in [9.17, 15) is 14.9 Å². The van der Waals surface area contributed by atoms with E-state index >= 15 is 0 Å². The van der Waals surface area contributed by atoms with E-state index in [0.717, 1.165) is 11.4 Å². The molecule has 1 atom stereocenters. The van der Waals surface area contributed by atoms with Gasteiger partial charge in [0.25, 0.3) is 5.69 Å². The molecule has 0 saturated carbocycles. The van der Waals surface area contributed by atoms with Crippen LogP contribution in [-0.4, -0.2) is 25.1 Å². The Kier molecular flexibility index (Phi) is 5.44. The van der Waals surface area contributed by atoms with Crippen molar-refractivity contribution < 1.29 is 19.2 Å². The van der Waals surface area contributed by atoms with Gasteiger partial charge in [0.2, 0.25) is 0 Å². The average Bonchev–Trinajstić information content (AvgIpc) is 2.73. The second-order valence-corrected chi connectivity index (χ2v) is 6.19. The first-order valence-electron chi connectivity index (χ1n) is 8.62. The van der Waals surface area contributed by atoms with Crippen LogP contribution in [0.25, 0.3) is 0 Å². The zero-order chi connectivity index (χ0) is 20.3. The molecule has 2 aromatic rings. The second-order valence-electron chi connectivity index (χ2n) is 6.19. The number of allylic oxidation sites excluding steroid dienone is 2. The van der Waals surface area contributed by atoms with E-state index in [-0.39, 0.29) is 5.69 Å². The van der Waals surface area contributed by atoms with Crippen LogP contribution in [0.5, 0.6) is 5.75 Å². The summed E-state index contributed by atoms with van der Waals surface area (Å²) in [5, 5.41) is 11.5. The molecule has 28 heavy (non-hydrogen) atoms. The highest BCUT2D eigenvalue weighted by Crippen LogP contribution is 2.39. The van der Waals surface area contributed by atoms with Crippen molar-refractivity contribution >= 4 is 17.3 Å². The zero-order valence-corrected chi connectivity index (χ0v) is 15.8. The molecule has 1 aliphatic heterocycles. The lowest BCUT2D eigenvalue weighted by Crippen LogP contribution is -2.26. The van der Waals surface area contributed by atoms with Crippen LogP contribution >= 0.6 is 0 Å². The van der Waals surface area contributed by atoms with Gasteiger partial charge in [-0.1, -0.05) is 24.3 Å². The normalized spacial score (nSPS) is 16.1. The lowest BCUT2D eigenvalue weighted by molar-refractivity contribution is -0.385. The van der Waals surface area contributed by atoms with E-state index in [4.69, 9.17) is 9.47 Å². The van der Waals surface area contributed by atoms with Gasteiger partial charge in [-0.3, -0.25) is 10.1 Å². The molecule has 0 amide bonds. The Balaban J connectivity index is 2.10. The maximum Gasteiger partial charge on any atom is 0.336 e. The fraction of sp³-hybridized carbons (Fsp3) is 0.190. The number of ether oxygens (including phenoxy) is 2. The molecule has 0 fully saturated rings. The first-order chi connectivity index (χ1) is 13.5. The van der Waals surface area contributed by atoms with Crippen LogP contribution in [0.15, 0.2) is 72.1 Å². The van der Waals surface area contributed by atoms with Crippen LogP contribution in [0, 0.1) is 10.1 Å². The summed E-state index contributed by atoms with van der Waals surface area (Å²) in [5.41, 5.74) is 2.23. The number of hydrogen-bond acceptors (Lipinski definition) is 6. The van der Waals surface area contributed by atoms with Gasteiger partial charge < -0.3 is 14.4 Å². The molecular formula is C21H20N2O5. The number of anilines is 1. The van der Waals surface area contributed by atoms with Crippen LogP contribution < -0.4 is 9.64 Å². The Labute approximate surface area is 162 Å². The van der Waals surface area contributed by atoms with Crippen molar-refractivity contribution in [2.24, 2.45) is 0 Å². The first-order valence-corrected chi connectivity index (χ1v) is 8.62. The van der Waals surface area contributed by atoms with Crippen LogP contribution in [0.2, 0.25) is 0 Å². The van der Waals surface area contributed by atoms with Crippen molar-refractivity contribution in [3.8, 4) is 5.75 Å². The fourth-order valence-electron chi connectivity index (χ4n) is 3.32. The summed E-state index contributed by atoms with van der Waals surface area (Å²) in [6.07, 6.45) is 3.58. The van der Waals surface area contributed by atoms with Crippen molar-refractivity contribution in [2.75, 3.05) is 19.1 Å². The minimum absolute atomic E-state index is 0.0377. The smallest absolute Gasteiger partial charge is 0.336 e. The third-order valence-electron chi connectivity index (χ3n) is 4.71. The molecule has 0 aromatic heterocycles. The molecule has 2 aromatic carbocycles. The van der Waals surface area contributed by atoms with Gasteiger partial charge in [-0.05, 0) is 31.2 Å². The second kappa shape index (κ2) is 7.96. The van der Waals surface area contributed by atoms with Gasteiger partial charge in [-0.2, -0.15) is 0 Å². The molecule has 0 saturated heterocycles. The summed E-state index contributed by atoms with van der Waals surface area (Å²) in [6.45, 7) is 1.79. The Hall–Kier alpha value is -3.61. The number of carbonyl (C=O) groups is 1. The Morgan fingerprint density at radius 1 is 1.11 bits per heavy atom. The number of nitro groups is 1. The predicted molar refractivity (Wildman–Crippen MR) is 105 cm³/mol. The fourth-order valence-corrected chi connectivity index (χ4v) is 3.32. The van der Waals surface area contributed by atoms with Crippen LogP contribution in [0.3, 0.4) is 0 Å². The quantitative estimate of drug-likeness (QED) is 0.440. The number of esters is 1. The number of methoxy groups -OCH3 is 2. The summed E-state index contributed by atoms with van der Waals surface area (Å²) >= 11 is 0. The minimum Gasteiger partial charge on any atom is -0.497 e. The average molecular weight is 380 g/mol. The van der Waals surface area contributed by atoms with Crippen molar-refractivity contribution in [1.29, 1.82) is 0 Å². The first kappa shape index (κ1) is 19.2. The van der Waals surface area contributed by atoms with Crippen molar-refractivity contribution in [3.63, 3.8) is 0 Å². The molecular weight excluding hydrogens is 360 g/mol. The third kappa shape index (κ3) is 3.46. The van der Waals surface area contributed by atoms with Gasteiger partial charge in [0.05, 0.1) is 24.7 Å². The third-order valence-corrected chi connectivity index (χ3v) is 4.71. The van der Waals surface area contributed by atoms with Crippen LogP contribution in [0.1, 0.15) is 18.4 Å².